The minimum absolute atomic E-state index is 0.0309. The zero-order chi connectivity index (χ0) is 15.1. The van der Waals surface area contributed by atoms with Crippen LogP contribution in [0.25, 0.3) is 0 Å². The first kappa shape index (κ1) is 16.2. The molecule has 0 aromatic heterocycles. The number of carbonyl (C=O) groups is 3. The lowest BCUT2D eigenvalue weighted by atomic mass is 9.96. The van der Waals surface area contributed by atoms with Crippen molar-refractivity contribution >= 4 is 17.7 Å². The van der Waals surface area contributed by atoms with Gasteiger partial charge in [-0.3, -0.25) is 14.5 Å². The standard InChI is InChI=1S/C12H18N2O6/c1-3-20-12(17)9(13-18)7-14-5-4-10(15)8(6-14)11(16)19-2/h8-9H,3-7H2,1-2H3. The molecule has 1 rings (SSSR count). The molecular weight excluding hydrogens is 268 g/mol. The molecule has 0 aromatic carbocycles. The number of likely N-dealkylation sites (tertiary alicyclic amines) is 1. The molecule has 8 heteroatoms. The lowest BCUT2D eigenvalue weighted by Gasteiger charge is -2.30. The molecule has 2 unspecified atom stereocenters. The van der Waals surface area contributed by atoms with Crippen LogP contribution in [0.5, 0.6) is 0 Å². The third kappa shape index (κ3) is 4.09. The van der Waals surface area contributed by atoms with E-state index in [9.17, 15) is 19.3 Å². The summed E-state index contributed by atoms with van der Waals surface area (Å²) in [5.41, 5.74) is 0. The molecule has 112 valence electrons. The van der Waals surface area contributed by atoms with Gasteiger partial charge in [-0.1, -0.05) is 5.18 Å². The van der Waals surface area contributed by atoms with Crippen molar-refractivity contribution in [2.75, 3.05) is 33.4 Å². The summed E-state index contributed by atoms with van der Waals surface area (Å²) in [5.74, 6) is -2.37. The van der Waals surface area contributed by atoms with Crippen LogP contribution in [-0.4, -0.2) is 62.0 Å². The Labute approximate surface area is 116 Å². The van der Waals surface area contributed by atoms with E-state index in [1.165, 1.54) is 7.11 Å². The van der Waals surface area contributed by atoms with Gasteiger partial charge < -0.3 is 9.47 Å². The summed E-state index contributed by atoms with van der Waals surface area (Å²) in [6.45, 7) is 2.32. The average Bonchev–Trinajstić information content (AvgIpc) is 2.45. The molecule has 0 spiro atoms. The normalized spacial score (nSPS) is 21.1. The van der Waals surface area contributed by atoms with E-state index < -0.39 is 23.9 Å². The number of nitrogens with zero attached hydrogens (tertiary/aromatic N) is 2. The number of ketones is 1. The number of hydrogen-bond donors (Lipinski definition) is 0. The SMILES string of the molecule is CCOC(=O)C(CN1CCC(=O)C(C(=O)OC)C1)N=O. The fraction of sp³-hybridized carbons (Fsp3) is 0.750. The first-order valence-electron chi connectivity index (χ1n) is 6.35. The van der Waals surface area contributed by atoms with E-state index in [2.05, 4.69) is 9.91 Å². The van der Waals surface area contributed by atoms with Gasteiger partial charge in [0.15, 0.2) is 0 Å². The van der Waals surface area contributed by atoms with Gasteiger partial charge in [0, 0.05) is 26.1 Å². The molecule has 20 heavy (non-hydrogen) atoms. The second-order valence-corrected chi connectivity index (χ2v) is 4.42. The Morgan fingerprint density at radius 3 is 2.75 bits per heavy atom. The summed E-state index contributed by atoms with van der Waals surface area (Å²) >= 11 is 0. The maximum Gasteiger partial charge on any atom is 0.335 e. The van der Waals surface area contributed by atoms with Crippen molar-refractivity contribution < 1.29 is 23.9 Å². The van der Waals surface area contributed by atoms with Crippen LogP contribution in [0.3, 0.4) is 0 Å². The van der Waals surface area contributed by atoms with Crippen LogP contribution in [0.1, 0.15) is 13.3 Å². The van der Waals surface area contributed by atoms with Crippen molar-refractivity contribution in [2.45, 2.75) is 19.4 Å². The lowest BCUT2D eigenvalue weighted by Crippen LogP contribution is -2.48. The molecule has 0 bridgehead atoms. The predicted octanol–water partition coefficient (Wildman–Crippen LogP) is -0.251. The summed E-state index contributed by atoms with van der Waals surface area (Å²) in [6, 6.07) is -1.15. The lowest BCUT2D eigenvalue weighted by molar-refractivity contribution is -0.152. The Morgan fingerprint density at radius 2 is 2.20 bits per heavy atom. The van der Waals surface area contributed by atoms with Crippen LogP contribution in [-0.2, 0) is 23.9 Å². The van der Waals surface area contributed by atoms with Gasteiger partial charge in [-0.2, -0.15) is 0 Å². The van der Waals surface area contributed by atoms with Crippen LogP contribution in [0, 0.1) is 10.8 Å². The molecule has 1 heterocycles. The third-order valence-corrected chi connectivity index (χ3v) is 3.11. The van der Waals surface area contributed by atoms with Gasteiger partial charge in [-0.25, -0.2) is 4.79 Å². The van der Waals surface area contributed by atoms with Crippen molar-refractivity contribution in [3.8, 4) is 0 Å². The largest absolute Gasteiger partial charge is 0.468 e. The Balaban J connectivity index is 2.63. The molecule has 1 saturated heterocycles. The van der Waals surface area contributed by atoms with E-state index in [0.29, 0.717) is 6.54 Å². The van der Waals surface area contributed by atoms with Crippen LogP contribution < -0.4 is 0 Å². The molecule has 1 aliphatic heterocycles. The van der Waals surface area contributed by atoms with Gasteiger partial charge in [0.05, 0.1) is 13.7 Å². The Kier molecular flexibility index (Phi) is 6.23. The number of carbonyl (C=O) groups excluding carboxylic acids is 3. The molecule has 0 N–H and O–H groups in total. The number of Topliss-reactive ketones (excluding diaryl/α,β-unsaturated/α-hetero) is 1. The molecule has 1 aliphatic rings. The second-order valence-electron chi connectivity index (χ2n) is 4.42. The van der Waals surface area contributed by atoms with Gasteiger partial charge in [0.25, 0.3) is 0 Å². The summed E-state index contributed by atoms with van der Waals surface area (Å²) in [7, 11) is 1.21. The van der Waals surface area contributed by atoms with Gasteiger partial charge in [0.2, 0.25) is 6.04 Å². The first-order valence-corrected chi connectivity index (χ1v) is 6.35. The van der Waals surface area contributed by atoms with Crippen molar-refractivity contribution in [1.82, 2.24) is 4.90 Å². The van der Waals surface area contributed by atoms with E-state index in [1.807, 2.05) is 0 Å². The highest BCUT2D eigenvalue weighted by Gasteiger charge is 2.35. The molecule has 0 aromatic rings. The van der Waals surface area contributed by atoms with Crippen LogP contribution in [0.15, 0.2) is 5.18 Å². The van der Waals surface area contributed by atoms with E-state index >= 15 is 0 Å². The van der Waals surface area contributed by atoms with Crippen molar-refractivity contribution in [1.29, 1.82) is 0 Å². The van der Waals surface area contributed by atoms with Gasteiger partial charge in [-0.05, 0) is 6.92 Å². The summed E-state index contributed by atoms with van der Waals surface area (Å²) in [5, 5.41) is 2.74. The molecule has 1 fully saturated rings. The minimum atomic E-state index is -1.15. The number of ether oxygens (including phenoxy) is 2. The zero-order valence-electron chi connectivity index (χ0n) is 11.5. The van der Waals surface area contributed by atoms with E-state index in [0.717, 1.165) is 0 Å². The van der Waals surface area contributed by atoms with Gasteiger partial charge in [-0.15, -0.1) is 4.91 Å². The Morgan fingerprint density at radius 1 is 1.50 bits per heavy atom. The van der Waals surface area contributed by atoms with Crippen molar-refractivity contribution in [3.63, 3.8) is 0 Å². The summed E-state index contributed by atoms with van der Waals surface area (Å²) < 4.78 is 9.30. The molecule has 0 aliphatic carbocycles. The molecule has 2 atom stereocenters. The fourth-order valence-corrected chi connectivity index (χ4v) is 2.04. The zero-order valence-corrected chi connectivity index (χ0v) is 11.5. The van der Waals surface area contributed by atoms with Gasteiger partial charge in [0.1, 0.15) is 11.7 Å². The molecule has 8 nitrogen and oxygen atoms in total. The van der Waals surface area contributed by atoms with Crippen LogP contribution in [0.4, 0.5) is 0 Å². The third-order valence-electron chi connectivity index (χ3n) is 3.11. The monoisotopic (exact) mass is 286 g/mol. The number of esters is 2. The fourth-order valence-electron chi connectivity index (χ4n) is 2.04. The topological polar surface area (TPSA) is 102 Å². The molecule has 0 saturated carbocycles. The highest BCUT2D eigenvalue weighted by atomic mass is 16.5. The Hall–Kier alpha value is -1.83. The summed E-state index contributed by atoms with van der Waals surface area (Å²) in [4.78, 5) is 46.9. The summed E-state index contributed by atoms with van der Waals surface area (Å²) in [6.07, 6.45) is 0.175. The predicted molar refractivity (Wildman–Crippen MR) is 67.8 cm³/mol. The Bertz CT molecular complexity index is 389. The average molecular weight is 286 g/mol. The number of methoxy groups -OCH3 is 1. The maximum atomic E-state index is 11.6. The number of piperidine rings is 1. The number of nitroso groups, excluding NO2 is 1. The molecule has 0 radical (unpaired) electrons. The maximum absolute atomic E-state index is 11.6. The minimum Gasteiger partial charge on any atom is -0.468 e. The van der Waals surface area contributed by atoms with E-state index in [4.69, 9.17) is 4.74 Å². The van der Waals surface area contributed by atoms with E-state index in [-0.39, 0.29) is 31.9 Å². The van der Waals surface area contributed by atoms with E-state index in [1.54, 1.807) is 11.8 Å². The van der Waals surface area contributed by atoms with Crippen molar-refractivity contribution in [2.24, 2.45) is 11.1 Å². The number of rotatable bonds is 6. The highest BCUT2D eigenvalue weighted by molar-refractivity contribution is 5.99. The molecule has 0 amide bonds. The molecular formula is C12H18N2O6. The van der Waals surface area contributed by atoms with Crippen LogP contribution >= 0.6 is 0 Å². The van der Waals surface area contributed by atoms with Crippen molar-refractivity contribution in [3.05, 3.63) is 4.91 Å². The van der Waals surface area contributed by atoms with Crippen LogP contribution in [0.2, 0.25) is 0 Å². The smallest absolute Gasteiger partial charge is 0.335 e. The first-order chi connectivity index (χ1) is 9.53. The number of hydrogen-bond acceptors (Lipinski definition) is 8. The quantitative estimate of drug-likeness (QED) is 0.377. The second kappa shape index (κ2) is 7.68. The highest BCUT2D eigenvalue weighted by Crippen LogP contribution is 2.15. The van der Waals surface area contributed by atoms with Gasteiger partial charge >= 0.3 is 11.9 Å².